The zero-order chi connectivity index (χ0) is 15.6. The molecule has 0 aliphatic carbocycles. The molecule has 0 amide bonds. The van der Waals surface area contributed by atoms with E-state index in [0.717, 1.165) is 5.56 Å². The average molecular weight is 289 g/mol. The van der Waals surface area contributed by atoms with E-state index in [1.54, 1.807) is 26.0 Å². The van der Waals surface area contributed by atoms with Gasteiger partial charge >= 0.3 is 0 Å². The fraction of sp³-hybridized carbons (Fsp3) is 0.294. The molecule has 21 heavy (non-hydrogen) atoms. The number of rotatable bonds is 4. The highest BCUT2D eigenvalue weighted by Gasteiger charge is 2.11. The van der Waals surface area contributed by atoms with E-state index in [4.69, 9.17) is 0 Å². The topological polar surface area (TPSA) is 52.5 Å². The molecule has 2 aromatic carbocycles. The normalized spacial score (nSPS) is 12.4. The van der Waals surface area contributed by atoms with E-state index in [9.17, 15) is 14.6 Å². The predicted octanol–water partition coefficient (Wildman–Crippen LogP) is 3.70. The van der Waals surface area contributed by atoms with E-state index >= 15 is 0 Å². The minimum atomic E-state index is -0.164. The number of phenols is 2. The maximum Gasteiger partial charge on any atom is 0.129 e. The molecule has 0 spiro atoms. The summed E-state index contributed by atoms with van der Waals surface area (Å²) in [6.45, 7) is 6.00. The van der Waals surface area contributed by atoms with Crippen LogP contribution in [0.15, 0.2) is 30.3 Å². The van der Waals surface area contributed by atoms with Crippen molar-refractivity contribution in [3.8, 4) is 11.5 Å². The van der Waals surface area contributed by atoms with Crippen molar-refractivity contribution in [2.24, 2.45) is 0 Å². The van der Waals surface area contributed by atoms with E-state index in [1.807, 2.05) is 19.1 Å². The monoisotopic (exact) mass is 289 g/mol. The molecule has 1 atom stereocenters. The first-order chi connectivity index (χ1) is 9.88. The van der Waals surface area contributed by atoms with Crippen LogP contribution in [-0.4, -0.2) is 10.2 Å². The van der Waals surface area contributed by atoms with Crippen LogP contribution in [0.25, 0.3) is 0 Å². The molecular weight excluding hydrogens is 269 g/mol. The second-order valence-corrected chi connectivity index (χ2v) is 5.39. The molecular formula is C17H20FNO2. The van der Waals surface area contributed by atoms with Crippen LogP contribution < -0.4 is 5.32 Å². The van der Waals surface area contributed by atoms with Crippen molar-refractivity contribution in [3.63, 3.8) is 0 Å². The van der Waals surface area contributed by atoms with E-state index in [2.05, 4.69) is 5.32 Å². The fourth-order valence-electron chi connectivity index (χ4n) is 2.42. The number of halogens is 1. The predicted molar refractivity (Wildman–Crippen MR) is 80.9 cm³/mol. The molecule has 0 saturated heterocycles. The number of benzene rings is 2. The van der Waals surface area contributed by atoms with Crippen molar-refractivity contribution < 1.29 is 14.6 Å². The van der Waals surface area contributed by atoms with Crippen molar-refractivity contribution in [1.82, 2.24) is 5.32 Å². The molecule has 3 N–H and O–H groups in total. The quantitative estimate of drug-likeness (QED) is 0.804. The van der Waals surface area contributed by atoms with Crippen molar-refractivity contribution >= 4 is 0 Å². The molecule has 112 valence electrons. The molecule has 0 aliphatic heterocycles. The largest absolute Gasteiger partial charge is 0.508 e. The van der Waals surface area contributed by atoms with E-state index < -0.39 is 0 Å². The fourth-order valence-corrected chi connectivity index (χ4v) is 2.42. The van der Waals surface area contributed by atoms with E-state index in [1.165, 1.54) is 6.07 Å². The summed E-state index contributed by atoms with van der Waals surface area (Å²) in [5.74, 6) is -0.0716. The summed E-state index contributed by atoms with van der Waals surface area (Å²) in [7, 11) is 0. The van der Waals surface area contributed by atoms with Gasteiger partial charge in [0.15, 0.2) is 0 Å². The Morgan fingerprint density at radius 1 is 1.10 bits per heavy atom. The van der Waals surface area contributed by atoms with Gasteiger partial charge in [-0.15, -0.1) is 0 Å². The minimum absolute atomic E-state index is 0.0354. The Kier molecular flexibility index (Phi) is 4.48. The van der Waals surface area contributed by atoms with Crippen molar-refractivity contribution in [1.29, 1.82) is 0 Å². The Labute approximate surface area is 124 Å². The van der Waals surface area contributed by atoms with Gasteiger partial charge in [0.2, 0.25) is 0 Å². The van der Waals surface area contributed by atoms with Gasteiger partial charge < -0.3 is 15.5 Å². The lowest BCUT2D eigenvalue weighted by atomic mass is 10.0. The molecule has 2 rings (SSSR count). The van der Waals surface area contributed by atoms with Gasteiger partial charge in [0.25, 0.3) is 0 Å². The molecule has 2 aromatic rings. The van der Waals surface area contributed by atoms with Gasteiger partial charge in [-0.1, -0.05) is 18.2 Å². The maximum atomic E-state index is 13.6. The van der Waals surface area contributed by atoms with Crippen LogP contribution in [0.2, 0.25) is 0 Å². The summed E-state index contributed by atoms with van der Waals surface area (Å²) in [4.78, 5) is 0. The highest BCUT2D eigenvalue weighted by Crippen LogP contribution is 2.28. The van der Waals surface area contributed by atoms with Gasteiger partial charge in [-0.05, 0) is 43.5 Å². The lowest BCUT2D eigenvalue weighted by Gasteiger charge is -2.16. The number of phenolic OH excluding ortho intramolecular Hbond substituents is 2. The Morgan fingerprint density at radius 2 is 1.71 bits per heavy atom. The van der Waals surface area contributed by atoms with Gasteiger partial charge in [-0.3, -0.25) is 0 Å². The highest BCUT2D eigenvalue weighted by molar-refractivity contribution is 5.40. The molecule has 0 bridgehead atoms. The van der Waals surface area contributed by atoms with Gasteiger partial charge in [0.1, 0.15) is 17.3 Å². The SMILES string of the molecule is Cc1cc(CNC(C)c2ccc(O)cc2O)cc(C)c1F. The molecule has 4 heteroatoms. The first-order valence-electron chi connectivity index (χ1n) is 6.89. The Morgan fingerprint density at radius 3 is 2.29 bits per heavy atom. The van der Waals surface area contributed by atoms with Crippen LogP contribution in [0, 0.1) is 19.7 Å². The lowest BCUT2D eigenvalue weighted by Crippen LogP contribution is -2.18. The molecule has 0 radical (unpaired) electrons. The van der Waals surface area contributed by atoms with Gasteiger partial charge in [0.05, 0.1) is 0 Å². The second kappa shape index (κ2) is 6.14. The summed E-state index contributed by atoms with van der Waals surface area (Å²) in [5.41, 5.74) is 2.97. The second-order valence-electron chi connectivity index (χ2n) is 5.39. The third kappa shape index (κ3) is 3.52. The van der Waals surface area contributed by atoms with Crippen LogP contribution in [0.3, 0.4) is 0 Å². The number of hydrogen-bond donors (Lipinski definition) is 3. The van der Waals surface area contributed by atoms with Crippen LogP contribution >= 0.6 is 0 Å². The van der Waals surface area contributed by atoms with Crippen LogP contribution in [0.4, 0.5) is 4.39 Å². The molecule has 0 aliphatic rings. The van der Waals surface area contributed by atoms with Crippen molar-refractivity contribution in [3.05, 3.63) is 58.4 Å². The molecule has 0 fully saturated rings. The molecule has 3 nitrogen and oxygen atoms in total. The number of hydrogen-bond acceptors (Lipinski definition) is 3. The Bertz CT molecular complexity index is 632. The zero-order valence-electron chi connectivity index (χ0n) is 12.4. The number of aryl methyl sites for hydroxylation is 2. The third-order valence-corrected chi connectivity index (χ3v) is 3.59. The summed E-state index contributed by atoms with van der Waals surface area (Å²) in [6.07, 6.45) is 0. The Balaban J connectivity index is 2.09. The first-order valence-corrected chi connectivity index (χ1v) is 6.89. The smallest absolute Gasteiger partial charge is 0.129 e. The van der Waals surface area contributed by atoms with Crippen LogP contribution in [0.5, 0.6) is 11.5 Å². The molecule has 0 saturated carbocycles. The minimum Gasteiger partial charge on any atom is -0.508 e. The van der Waals surface area contributed by atoms with E-state index in [-0.39, 0.29) is 23.4 Å². The van der Waals surface area contributed by atoms with Gasteiger partial charge in [0, 0.05) is 24.2 Å². The number of aromatic hydroxyl groups is 2. The lowest BCUT2D eigenvalue weighted by molar-refractivity contribution is 0.436. The maximum absolute atomic E-state index is 13.6. The highest BCUT2D eigenvalue weighted by atomic mass is 19.1. The zero-order valence-corrected chi connectivity index (χ0v) is 12.4. The summed E-state index contributed by atoms with van der Waals surface area (Å²) >= 11 is 0. The average Bonchev–Trinajstić information content (AvgIpc) is 2.42. The number of nitrogens with one attached hydrogen (secondary N) is 1. The first kappa shape index (κ1) is 15.3. The van der Waals surface area contributed by atoms with Crippen molar-refractivity contribution in [2.45, 2.75) is 33.4 Å². The summed E-state index contributed by atoms with van der Waals surface area (Å²) in [5, 5.41) is 22.4. The van der Waals surface area contributed by atoms with Gasteiger partial charge in [-0.2, -0.15) is 0 Å². The Hall–Kier alpha value is -2.07. The van der Waals surface area contributed by atoms with Gasteiger partial charge in [-0.25, -0.2) is 4.39 Å². The molecule has 1 unspecified atom stereocenters. The third-order valence-electron chi connectivity index (χ3n) is 3.59. The molecule has 0 heterocycles. The summed E-state index contributed by atoms with van der Waals surface area (Å²) < 4.78 is 13.6. The molecule has 0 aromatic heterocycles. The standard InChI is InChI=1S/C17H20FNO2/c1-10-6-13(7-11(2)17(10)18)9-19-12(3)15-5-4-14(20)8-16(15)21/h4-8,12,19-21H,9H2,1-3H3. The van der Waals surface area contributed by atoms with Crippen LogP contribution in [0.1, 0.15) is 35.2 Å². The van der Waals surface area contributed by atoms with Crippen LogP contribution in [-0.2, 0) is 6.54 Å². The van der Waals surface area contributed by atoms with Crippen molar-refractivity contribution in [2.75, 3.05) is 0 Å². The summed E-state index contributed by atoms with van der Waals surface area (Å²) in [6, 6.07) is 8.09. The van der Waals surface area contributed by atoms with E-state index in [0.29, 0.717) is 23.2 Å².